The Hall–Kier alpha value is -3.31. The van der Waals surface area contributed by atoms with Crippen LogP contribution in [0.4, 0.5) is 0 Å². The minimum absolute atomic E-state index is 0.190. The molecular formula is C24H20ClNO4. The Balaban J connectivity index is 1.98. The number of benzene rings is 3. The number of pyridine rings is 1. The predicted molar refractivity (Wildman–Crippen MR) is 119 cm³/mol. The molecule has 0 bridgehead atoms. The van der Waals surface area contributed by atoms with Gasteiger partial charge in [0.1, 0.15) is 0 Å². The summed E-state index contributed by atoms with van der Waals surface area (Å²) in [5.74, 6) is -0.0452. The number of ether oxygens (including phenoxy) is 2. The van der Waals surface area contributed by atoms with E-state index in [1.807, 2.05) is 50.2 Å². The van der Waals surface area contributed by atoms with Crippen LogP contribution in [0, 0.1) is 0 Å². The Labute approximate surface area is 178 Å². The molecule has 0 saturated heterocycles. The van der Waals surface area contributed by atoms with Gasteiger partial charge in [0.25, 0.3) is 0 Å². The van der Waals surface area contributed by atoms with Crippen LogP contribution in [0.3, 0.4) is 0 Å². The van der Waals surface area contributed by atoms with Gasteiger partial charge in [0.2, 0.25) is 0 Å². The van der Waals surface area contributed by atoms with Crippen LogP contribution in [0.2, 0.25) is 5.02 Å². The standard InChI is InChI=1S/C24H20ClNO4/c1-3-29-21-12-15(11-18(25)23(21)30-4-2)20-13-17(24(27)28)22-16-8-6-5-7-14(16)9-10-19(22)26-20/h5-13H,3-4H2,1-2H3,(H,27,28). The highest BCUT2D eigenvalue weighted by Gasteiger charge is 2.18. The van der Waals surface area contributed by atoms with E-state index in [1.165, 1.54) is 0 Å². The number of halogens is 1. The summed E-state index contributed by atoms with van der Waals surface area (Å²) in [5, 5.41) is 12.7. The van der Waals surface area contributed by atoms with Crippen LogP contribution in [0.15, 0.2) is 54.6 Å². The van der Waals surface area contributed by atoms with E-state index < -0.39 is 5.97 Å². The summed E-state index contributed by atoms with van der Waals surface area (Å²) in [6.07, 6.45) is 0. The fourth-order valence-electron chi connectivity index (χ4n) is 3.59. The molecule has 0 aliphatic heterocycles. The molecule has 30 heavy (non-hydrogen) atoms. The number of carboxylic acids is 1. The zero-order valence-corrected chi connectivity index (χ0v) is 17.4. The minimum Gasteiger partial charge on any atom is -0.490 e. The Morgan fingerprint density at radius 2 is 1.80 bits per heavy atom. The lowest BCUT2D eigenvalue weighted by molar-refractivity contribution is 0.0699. The van der Waals surface area contributed by atoms with Gasteiger partial charge in [-0.3, -0.25) is 0 Å². The van der Waals surface area contributed by atoms with E-state index in [0.29, 0.717) is 51.9 Å². The molecule has 6 heteroatoms. The van der Waals surface area contributed by atoms with Crippen LogP contribution in [0.25, 0.3) is 32.9 Å². The Bertz CT molecular complexity index is 1270. The maximum atomic E-state index is 12.1. The van der Waals surface area contributed by atoms with Gasteiger partial charge in [-0.25, -0.2) is 9.78 Å². The van der Waals surface area contributed by atoms with Crippen molar-refractivity contribution < 1.29 is 19.4 Å². The van der Waals surface area contributed by atoms with E-state index in [1.54, 1.807) is 18.2 Å². The number of aromatic nitrogens is 1. The first-order valence-electron chi connectivity index (χ1n) is 9.68. The van der Waals surface area contributed by atoms with Gasteiger partial charge < -0.3 is 14.6 Å². The summed E-state index contributed by atoms with van der Waals surface area (Å²) >= 11 is 6.45. The molecule has 0 fully saturated rings. The van der Waals surface area contributed by atoms with Crippen molar-refractivity contribution in [2.45, 2.75) is 13.8 Å². The van der Waals surface area contributed by atoms with Crippen LogP contribution in [-0.2, 0) is 0 Å². The normalized spacial score (nSPS) is 11.0. The second-order valence-corrected chi connectivity index (χ2v) is 7.10. The zero-order valence-electron chi connectivity index (χ0n) is 16.6. The number of carbonyl (C=O) groups is 1. The van der Waals surface area contributed by atoms with Crippen molar-refractivity contribution in [2.75, 3.05) is 13.2 Å². The van der Waals surface area contributed by atoms with Crippen molar-refractivity contribution in [2.24, 2.45) is 0 Å². The van der Waals surface area contributed by atoms with Crippen LogP contribution in [0.5, 0.6) is 11.5 Å². The summed E-state index contributed by atoms with van der Waals surface area (Å²) in [7, 11) is 0. The monoisotopic (exact) mass is 421 g/mol. The van der Waals surface area contributed by atoms with Crippen molar-refractivity contribution in [1.29, 1.82) is 0 Å². The molecule has 0 aliphatic rings. The van der Waals surface area contributed by atoms with Gasteiger partial charge in [-0.15, -0.1) is 0 Å². The molecule has 0 amide bonds. The van der Waals surface area contributed by atoms with Gasteiger partial charge in [0.15, 0.2) is 11.5 Å². The molecule has 1 aromatic heterocycles. The molecule has 0 saturated carbocycles. The third-order valence-corrected chi connectivity index (χ3v) is 5.10. The smallest absolute Gasteiger partial charge is 0.336 e. The maximum Gasteiger partial charge on any atom is 0.336 e. The zero-order chi connectivity index (χ0) is 21.3. The van der Waals surface area contributed by atoms with E-state index in [9.17, 15) is 9.90 Å². The number of hydrogen-bond donors (Lipinski definition) is 1. The summed E-state index contributed by atoms with van der Waals surface area (Å²) in [5.41, 5.74) is 1.95. The molecule has 0 atom stereocenters. The Morgan fingerprint density at radius 3 is 2.53 bits per heavy atom. The average Bonchev–Trinajstić information content (AvgIpc) is 2.75. The number of fused-ring (bicyclic) bond motifs is 3. The SMILES string of the molecule is CCOc1cc(-c2cc(C(=O)O)c3c(ccc4ccccc43)n2)cc(Cl)c1OCC. The lowest BCUT2D eigenvalue weighted by atomic mass is 9.98. The lowest BCUT2D eigenvalue weighted by Gasteiger charge is -2.15. The van der Waals surface area contributed by atoms with Crippen LogP contribution in [0.1, 0.15) is 24.2 Å². The first-order valence-corrected chi connectivity index (χ1v) is 10.1. The van der Waals surface area contributed by atoms with E-state index >= 15 is 0 Å². The summed E-state index contributed by atoms with van der Waals surface area (Å²) in [6, 6.07) is 16.5. The van der Waals surface area contributed by atoms with Crippen molar-refractivity contribution in [3.05, 3.63) is 65.2 Å². The molecule has 0 radical (unpaired) electrons. The summed E-state index contributed by atoms with van der Waals surface area (Å²) in [4.78, 5) is 16.9. The molecule has 1 N–H and O–H groups in total. The predicted octanol–water partition coefficient (Wildman–Crippen LogP) is 6.20. The second-order valence-electron chi connectivity index (χ2n) is 6.69. The van der Waals surface area contributed by atoms with Crippen molar-refractivity contribution in [1.82, 2.24) is 4.98 Å². The number of hydrogen-bond acceptors (Lipinski definition) is 4. The summed E-state index contributed by atoms with van der Waals surface area (Å²) in [6.45, 7) is 4.63. The van der Waals surface area contributed by atoms with Gasteiger partial charge in [-0.05, 0) is 48.9 Å². The fourth-order valence-corrected chi connectivity index (χ4v) is 3.85. The highest BCUT2D eigenvalue weighted by atomic mass is 35.5. The Morgan fingerprint density at radius 1 is 1.03 bits per heavy atom. The molecular weight excluding hydrogens is 402 g/mol. The molecule has 0 spiro atoms. The van der Waals surface area contributed by atoms with Crippen molar-refractivity contribution in [3.8, 4) is 22.8 Å². The number of rotatable bonds is 6. The van der Waals surface area contributed by atoms with Gasteiger partial charge in [0, 0.05) is 10.9 Å². The van der Waals surface area contributed by atoms with Crippen molar-refractivity contribution >= 4 is 39.2 Å². The highest BCUT2D eigenvalue weighted by Crippen LogP contribution is 2.40. The third-order valence-electron chi connectivity index (χ3n) is 4.82. The second kappa shape index (κ2) is 8.20. The summed E-state index contributed by atoms with van der Waals surface area (Å²) < 4.78 is 11.3. The number of carboxylic acid groups (broad SMARTS) is 1. The quantitative estimate of drug-likeness (QED) is 0.375. The first kappa shape index (κ1) is 20.0. The first-order chi connectivity index (χ1) is 14.5. The highest BCUT2D eigenvalue weighted by molar-refractivity contribution is 6.32. The lowest BCUT2D eigenvalue weighted by Crippen LogP contribution is -2.02. The van der Waals surface area contributed by atoms with E-state index in [4.69, 9.17) is 26.1 Å². The van der Waals surface area contributed by atoms with Crippen LogP contribution in [-0.4, -0.2) is 29.3 Å². The molecule has 4 rings (SSSR count). The van der Waals surface area contributed by atoms with E-state index in [-0.39, 0.29) is 5.56 Å². The molecule has 0 unspecified atom stereocenters. The fraction of sp³-hybridized carbons (Fsp3) is 0.167. The molecule has 5 nitrogen and oxygen atoms in total. The van der Waals surface area contributed by atoms with Crippen molar-refractivity contribution in [3.63, 3.8) is 0 Å². The van der Waals surface area contributed by atoms with Gasteiger partial charge in [0.05, 0.1) is 35.0 Å². The minimum atomic E-state index is -1.01. The van der Waals surface area contributed by atoms with Gasteiger partial charge >= 0.3 is 5.97 Å². The maximum absolute atomic E-state index is 12.1. The van der Waals surface area contributed by atoms with Crippen LogP contribution >= 0.6 is 11.6 Å². The molecule has 152 valence electrons. The average molecular weight is 422 g/mol. The van der Waals surface area contributed by atoms with Gasteiger partial charge in [-0.2, -0.15) is 0 Å². The van der Waals surface area contributed by atoms with E-state index in [2.05, 4.69) is 0 Å². The number of nitrogens with zero attached hydrogens (tertiary/aromatic N) is 1. The third kappa shape index (κ3) is 3.53. The molecule has 4 aromatic rings. The van der Waals surface area contributed by atoms with Gasteiger partial charge in [-0.1, -0.05) is 41.9 Å². The topological polar surface area (TPSA) is 68.7 Å². The molecule has 3 aromatic carbocycles. The van der Waals surface area contributed by atoms with Crippen LogP contribution < -0.4 is 9.47 Å². The number of aromatic carboxylic acids is 1. The van der Waals surface area contributed by atoms with E-state index in [0.717, 1.165) is 10.8 Å². The largest absolute Gasteiger partial charge is 0.490 e. The molecule has 0 aliphatic carbocycles. The molecule has 1 heterocycles. The Kier molecular flexibility index (Phi) is 5.46.